The maximum atomic E-state index is 13.1. The molecule has 0 radical (unpaired) electrons. The molecule has 1 aliphatic heterocycles. The van der Waals surface area contributed by atoms with Crippen molar-refractivity contribution < 1.29 is 24.5 Å². The first-order chi connectivity index (χ1) is 20.7. The number of methoxy groups -OCH3 is 1. The molecular formula is C36H46ClNO5. The summed E-state index contributed by atoms with van der Waals surface area (Å²) in [4.78, 5) is 15.5. The minimum atomic E-state index is -1.76. The molecule has 2 N–H and O–H groups in total. The van der Waals surface area contributed by atoms with Crippen LogP contribution in [0.25, 0.3) is 0 Å². The van der Waals surface area contributed by atoms with Crippen molar-refractivity contribution in [2.24, 2.45) is 11.8 Å². The largest absolute Gasteiger partial charge is 0.490 e. The van der Waals surface area contributed by atoms with Crippen molar-refractivity contribution in [3.63, 3.8) is 0 Å². The number of hydrogen-bond donors (Lipinski definition) is 2. The van der Waals surface area contributed by atoms with E-state index in [1.807, 2.05) is 24.3 Å². The number of hydrogen-bond acceptors (Lipinski definition) is 6. The van der Waals surface area contributed by atoms with Crippen LogP contribution in [0, 0.1) is 11.8 Å². The minimum absolute atomic E-state index is 0.157. The summed E-state index contributed by atoms with van der Waals surface area (Å²) in [6.45, 7) is 9.60. The van der Waals surface area contributed by atoms with E-state index >= 15 is 0 Å². The van der Waals surface area contributed by atoms with Gasteiger partial charge in [0.15, 0.2) is 5.60 Å². The van der Waals surface area contributed by atoms with Crippen molar-refractivity contribution in [1.82, 2.24) is 0 Å². The second-order valence-corrected chi connectivity index (χ2v) is 13.2. The Balaban J connectivity index is 1.53. The summed E-state index contributed by atoms with van der Waals surface area (Å²) in [6.07, 6.45) is 11.7. The van der Waals surface area contributed by atoms with Crippen LogP contribution < -0.4 is 9.64 Å². The van der Waals surface area contributed by atoms with Crippen molar-refractivity contribution in [2.45, 2.75) is 81.3 Å². The van der Waals surface area contributed by atoms with Gasteiger partial charge in [0.25, 0.3) is 0 Å². The van der Waals surface area contributed by atoms with Crippen molar-refractivity contribution in [3.05, 3.63) is 83.4 Å². The molecule has 0 aromatic heterocycles. The van der Waals surface area contributed by atoms with Gasteiger partial charge in [-0.05, 0) is 111 Å². The van der Waals surface area contributed by atoms with Crippen LogP contribution in [0.4, 0.5) is 5.69 Å². The summed E-state index contributed by atoms with van der Waals surface area (Å²) >= 11 is 6.41. The topological polar surface area (TPSA) is 79.2 Å². The molecule has 1 saturated carbocycles. The van der Waals surface area contributed by atoms with E-state index < -0.39 is 17.7 Å². The van der Waals surface area contributed by atoms with Gasteiger partial charge in [0.05, 0.1) is 25.5 Å². The molecule has 2 unspecified atom stereocenters. The summed E-state index contributed by atoms with van der Waals surface area (Å²) in [5.74, 6) is 0.529. The summed E-state index contributed by atoms with van der Waals surface area (Å²) in [7, 11) is 1.32. The highest BCUT2D eigenvalue weighted by atomic mass is 35.5. The molecule has 2 aromatic rings. The molecule has 2 aliphatic carbocycles. The highest BCUT2D eigenvalue weighted by molar-refractivity contribution is 6.30. The van der Waals surface area contributed by atoms with Crippen LogP contribution in [0.3, 0.4) is 0 Å². The monoisotopic (exact) mass is 607 g/mol. The molecule has 43 heavy (non-hydrogen) atoms. The molecule has 7 heteroatoms. The number of esters is 1. The number of aryl methyl sites for hydroxylation is 1. The van der Waals surface area contributed by atoms with Gasteiger partial charge in [0.1, 0.15) is 5.75 Å². The van der Waals surface area contributed by atoms with E-state index in [-0.39, 0.29) is 23.7 Å². The fourth-order valence-corrected chi connectivity index (χ4v) is 7.67. The number of halogens is 1. The number of aliphatic hydroxyl groups excluding tert-OH is 1. The van der Waals surface area contributed by atoms with E-state index in [9.17, 15) is 15.0 Å². The van der Waals surface area contributed by atoms with Crippen molar-refractivity contribution in [2.75, 3.05) is 31.7 Å². The standard InChI is InChI=1S/C36H46ClNO5/c1-4-6-7-8-9-19-36(41,34(40)42-3)27-13-17-33-31(21-27)38(22-26-12-15-29(26)32(39)5-2)23-35(24-43-33)18-10-11-25-20-28(37)14-16-30(25)35/h4-5,13-14,16-17,20-21,26,29,32,39,41H,1-2,6-12,15,18-19,22-24H2,3H3/t26-,29+,32-,35?,36?/m0/s1. The Morgan fingerprint density at radius 2 is 2.07 bits per heavy atom. The lowest BCUT2D eigenvalue weighted by Gasteiger charge is -2.45. The molecule has 6 nitrogen and oxygen atoms in total. The number of aliphatic hydroxyl groups is 2. The zero-order valence-electron chi connectivity index (χ0n) is 25.4. The van der Waals surface area contributed by atoms with Crippen molar-refractivity contribution in [1.29, 1.82) is 0 Å². The molecule has 0 amide bonds. The Hall–Kier alpha value is -2.80. The number of fused-ring (bicyclic) bond motifs is 3. The van der Waals surface area contributed by atoms with Crippen LogP contribution in [0.5, 0.6) is 5.75 Å². The number of allylic oxidation sites excluding steroid dienone is 1. The summed E-state index contributed by atoms with van der Waals surface area (Å²) in [5, 5.41) is 23.2. The fraction of sp³-hybridized carbons (Fsp3) is 0.528. The molecule has 232 valence electrons. The molecule has 5 rings (SSSR count). The smallest absolute Gasteiger partial charge is 0.342 e. The molecule has 2 aromatic carbocycles. The van der Waals surface area contributed by atoms with Crippen molar-refractivity contribution >= 4 is 23.3 Å². The fourth-order valence-electron chi connectivity index (χ4n) is 7.48. The van der Waals surface area contributed by atoms with Crippen LogP contribution in [-0.2, 0) is 27.0 Å². The Bertz CT molecular complexity index is 1330. The number of anilines is 1. The van der Waals surface area contributed by atoms with Crippen LogP contribution in [0.1, 0.15) is 74.5 Å². The van der Waals surface area contributed by atoms with E-state index in [0.29, 0.717) is 18.6 Å². The lowest BCUT2D eigenvalue weighted by atomic mass is 9.68. The predicted octanol–water partition coefficient (Wildman–Crippen LogP) is 6.88. The van der Waals surface area contributed by atoms with Gasteiger partial charge in [-0.3, -0.25) is 0 Å². The van der Waals surface area contributed by atoms with Crippen molar-refractivity contribution in [3.8, 4) is 5.75 Å². The average Bonchev–Trinajstić information content (AvgIpc) is 3.15. The molecule has 1 heterocycles. The van der Waals surface area contributed by atoms with Crippen LogP contribution in [-0.4, -0.2) is 49.1 Å². The minimum Gasteiger partial charge on any atom is -0.490 e. The highest BCUT2D eigenvalue weighted by Gasteiger charge is 2.45. The molecular weight excluding hydrogens is 562 g/mol. The number of rotatable bonds is 12. The van der Waals surface area contributed by atoms with Gasteiger partial charge in [0, 0.05) is 23.5 Å². The Kier molecular flexibility index (Phi) is 9.89. The van der Waals surface area contributed by atoms with Gasteiger partial charge in [-0.15, -0.1) is 13.2 Å². The van der Waals surface area contributed by atoms with Gasteiger partial charge in [-0.25, -0.2) is 4.79 Å². The highest BCUT2D eigenvalue weighted by Crippen LogP contribution is 2.47. The Labute approximate surface area is 261 Å². The van der Waals surface area contributed by atoms with Gasteiger partial charge in [-0.1, -0.05) is 42.3 Å². The summed E-state index contributed by atoms with van der Waals surface area (Å²) in [5.41, 5.74) is 1.93. The molecule has 5 atom stereocenters. The maximum absolute atomic E-state index is 13.1. The van der Waals surface area contributed by atoms with E-state index in [0.717, 1.165) is 80.9 Å². The lowest BCUT2D eigenvalue weighted by molar-refractivity contribution is -0.164. The van der Waals surface area contributed by atoms with Gasteiger partial charge < -0.3 is 24.6 Å². The average molecular weight is 608 g/mol. The quantitative estimate of drug-likeness (QED) is 0.155. The Morgan fingerprint density at radius 1 is 1.23 bits per heavy atom. The Morgan fingerprint density at radius 3 is 2.79 bits per heavy atom. The summed E-state index contributed by atoms with van der Waals surface area (Å²) < 4.78 is 11.7. The number of unbranched alkanes of at least 4 members (excludes halogenated alkanes) is 3. The second-order valence-electron chi connectivity index (χ2n) is 12.8. The summed E-state index contributed by atoms with van der Waals surface area (Å²) in [6, 6.07) is 11.9. The molecule has 0 bridgehead atoms. The third-order valence-electron chi connectivity index (χ3n) is 10.1. The van der Waals surface area contributed by atoms with E-state index in [2.05, 4.69) is 30.2 Å². The second kappa shape index (κ2) is 13.5. The normalized spacial score (nSPS) is 24.8. The van der Waals surface area contributed by atoms with Gasteiger partial charge in [0.2, 0.25) is 0 Å². The number of nitrogens with zero attached hydrogens (tertiary/aromatic N) is 1. The van der Waals surface area contributed by atoms with E-state index in [1.54, 1.807) is 12.1 Å². The maximum Gasteiger partial charge on any atom is 0.342 e. The SMILES string of the molecule is C=CCCCCCC(O)(C(=O)OC)c1ccc2c(c1)N(C[C@@H]1CC[C@H]1[C@@H](O)C=C)CC1(CCCc3cc(Cl)ccc31)CO2. The first kappa shape index (κ1) is 31.6. The first-order valence-corrected chi connectivity index (χ1v) is 16.2. The molecule has 1 spiro atoms. The molecule has 1 fully saturated rings. The zero-order chi connectivity index (χ0) is 30.6. The number of carbonyl (C=O) groups excluding carboxylic acids is 1. The van der Waals surface area contributed by atoms with Crippen LogP contribution in [0.15, 0.2) is 61.7 Å². The van der Waals surface area contributed by atoms with Gasteiger partial charge in [-0.2, -0.15) is 0 Å². The number of ether oxygens (including phenoxy) is 2. The van der Waals surface area contributed by atoms with Gasteiger partial charge >= 0.3 is 5.97 Å². The molecule has 3 aliphatic rings. The number of benzene rings is 2. The first-order valence-electron chi connectivity index (χ1n) is 15.8. The van der Waals surface area contributed by atoms with E-state index in [1.165, 1.54) is 18.2 Å². The zero-order valence-corrected chi connectivity index (χ0v) is 26.2. The van der Waals surface area contributed by atoms with Crippen LogP contribution in [0.2, 0.25) is 5.02 Å². The lowest BCUT2D eigenvalue weighted by Crippen LogP contribution is -2.49. The third kappa shape index (κ3) is 6.38. The van der Waals surface area contributed by atoms with Crippen LogP contribution >= 0.6 is 11.6 Å². The number of carbonyl (C=O) groups is 1. The van der Waals surface area contributed by atoms with E-state index in [4.69, 9.17) is 21.1 Å². The third-order valence-corrected chi connectivity index (χ3v) is 10.3. The molecule has 0 saturated heterocycles. The predicted molar refractivity (Wildman–Crippen MR) is 172 cm³/mol.